The molecule has 0 unspecified atom stereocenters. The molecule has 1 aliphatic carbocycles. The third-order valence-electron chi connectivity index (χ3n) is 3.50. The topological polar surface area (TPSA) is 12.0 Å². The van der Waals surface area contributed by atoms with E-state index in [0.29, 0.717) is 5.41 Å². The molecule has 1 N–H and O–H groups in total. The van der Waals surface area contributed by atoms with Gasteiger partial charge < -0.3 is 5.32 Å². The zero-order chi connectivity index (χ0) is 8.89. The molecule has 1 spiro atoms. The second kappa shape index (κ2) is 2.50. The van der Waals surface area contributed by atoms with Gasteiger partial charge in [0.2, 0.25) is 0 Å². The molecule has 0 atom stereocenters. The van der Waals surface area contributed by atoms with Crippen LogP contribution in [0.4, 0.5) is 5.69 Å². The Hall–Kier alpha value is -0.500. The third kappa shape index (κ3) is 0.925. The predicted octanol–water partition coefficient (Wildman–Crippen LogP) is 3.30. The average Bonchev–Trinajstić information content (AvgIpc) is 2.44. The van der Waals surface area contributed by atoms with Crippen molar-refractivity contribution in [2.24, 2.45) is 0 Å². The first kappa shape index (κ1) is 7.86. The molecule has 0 saturated heterocycles. The molecule has 3 rings (SSSR count). The van der Waals surface area contributed by atoms with Crippen LogP contribution in [0.5, 0.6) is 0 Å². The maximum Gasteiger partial charge on any atom is 0.0523 e. The van der Waals surface area contributed by atoms with Crippen molar-refractivity contribution in [3.63, 3.8) is 0 Å². The molecule has 68 valence electrons. The van der Waals surface area contributed by atoms with Crippen LogP contribution < -0.4 is 5.32 Å². The van der Waals surface area contributed by atoms with E-state index in [4.69, 9.17) is 0 Å². The minimum absolute atomic E-state index is 0.499. The normalized spacial score (nSPS) is 22.2. The first-order chi connectivity index (χ1) is 6.32. The van der Waals surface area contributed by atoms with Gasteiger partial charge in [-0.15, -0.1) is 0 Å². The third-order valence-corrected chi connectivity index (χ3v) is 4.16. The molecule has 0 radical (unpaired) electrons. The molecule has 0 bridgehead atoms. The zero-order valence-corrected chi connectivity index (χ0v) is 9.02. The van der Waals surface area contributed by atoms with E-state index in [0.717, 1.165) is 6.54 Å². The van der Waals surface area contributed by atoms with Crippen LogP contribution in [0.3, 0.4) is 0 Å². The summed E-state index contributed by atoms with van der Waals surface area (Å²) in [4.78, 5) is 0. The van der Waals surface area contributed by atoms with Gasteiger partial charge in [0.25, 0.3) is 0 Å². The number of rotatable bonds is 0. The van der Waals surface area contributed by atoms with Crippen LogP contribution >= 0.6 is 15.9 Å². The fourth-order valence-electron chi connectivity index (χ4n) is 2.55. The van der Waals surface area contributed by atoms with Crippen LogP contribution in [-0.2, 0) is 5.41 Å². The van der Waals surface area contributed by atoms with Gasteiger partial charge in [0.05, 0.1) is 5.69 Å². The Kier molecular flexibility index (Phi) is 1.51. The van der Waals surface area contributed by atoms with Gasteiger partial charge in [0.1, 0.15) is 0 Å². The van der Waals surface area contributed by atoms with E-state index < -0.39 is 0 Å². The van der Waals surface area contributed by atoms with Gasteiger partial charge in [-0.25, -0.2) is 0 Å². The Morgan fingerprint density at radius 1 is 1.31 bits per heavy atom. The summed E-state index contributed by atoms with van der Waals surface area (Å²) < 4.78 is 1.22. The van der Waals surface area contributed by atoms with Gasteiger partial charge in [-0.2, -0.15) is 0 Å². The molecular formula is C11H12BrN. The van der Waals surface area contributed by atoms with E-state index in [1.165, 1.54) is 35.0 Å². The van der Waals surface area contributed by atoms with Crippen molar-refractivity contribution < 1.29 is 0 Å². The largest absolute Gasteiger partial charge is 0.383 e. The molecule has 0 amide bonds. The Morgan fingerprint density at radius 2 is 2.15 bits per heavy atom. The number of fused-ring (bicyclic) bond motifs is 2. The molecule has 1 nitrogen and oxygen atoms in total. The maximum atomic E-state index is 3.59. The van der Waals surface area contributed by atoms with Gasteiger partial charge in [-0.1, -0.05) is 18.6 Å². The summed E-state index contributed by atoms with van der Waals surface area (Å²) in [5, 5.41) is 3.51. The Balaban J connectivity index is 2.16. The number of benzene rings is 1. The minimum Gasteiger partial charge on any atom is -0.383 e. The summed E-state index contributed by atoms with van der Waals surface area (Å²) in [5.74, 6) is 0. The fourth-order valence-corrected chi connectivity index (χ4v) is 3.05. The predicted molar refractivity (Wildman–Crippen MR) is 58.2 cm³/mol. The number of halogens is 1. The van der Waals surface area contributed by atoms with E-state index in [1.54, 1.807) is 0 Å². The summed E-state index contributed by atoms with van der Waals surface area (Å²) in [6.07, 6.45) is 4.13. The Labute approximate surface area is 86.7 Å². The second-order valence-electron chi connectivity index (χ2n) is 4.15. The zero-order valence-electron chi connectivity index (χ0n) is 7.44. The number of anilines is 1. The van der Waals surface area contributed by atoms with Crippen molar-refractivity contribution in [1.29, 1.82) is 0 Å². The van der Waals surface area contributed by atoms with Crippen LogP contribution in [-0.4, -0.2) is 6.54 Å². The number of hydrogen-bond acceptors (Lipinski definition) is 1. The van der Waals surface area contributed by atoms with Crippen LogP contribution in [0.1, 0.15) is 24.8 Å². The Bertz CT molecular complexity index is 355. The average molecular weight is 238 g/mol. The lowest BCUT2D eigenvalue weighted by Crippen LogP contribution is -2.35. The van der Waals surface area contributed by atoms with Crippen molar-refractivity contribution >= 4 is 21.6 Å². The van der Waals surface area contributed by atoms with Gasteiger partial charge in [-0.05, 0) is 40.4 Å². The van der Waals surface area contributed by atoms with Crippen molar-refractivity contribution in [2.45, 2.75) is 24.7 Å². The highest BCUT2D eigenvalue weighted by atomic mass is 79.9. The van der Waals surface area contributed by atoms with E-state index in [1.807, 2.05) is 0 Å². The highest BCUT2D eigenvalue weighted by Crippen LogP contribution is 2.51. The van der Waals surface area contributed by atoms with E-state index in [2.05, 4.69) is 39.4 Å². The molecule has 1 aromatic rings. The molecule has 1 saturated carbocycles. The summed E-state index contributed by atoms with van der Waals surface area (Å²) >= 11 is 3.59. The van der Waals surface area contributed by atoms with E-state index in [-0.39, 0.29) is 0 Å². The molecular weight excluding hydrogens is 226 g/mol. The van der Waals surface area contributed by atoms with Crippen LogP contribution in [0.2, 0.25) is 0 Å². The fraction of sp³-hybridized carbons (Fsp3) is 0.455. The van der Waals surface area contributed by atoms with Crippen molar-refractivity contribution in [2.75, 3.05) is 11.9 Å². The lowest BCUT2D eigenvalue weighted by atomic mass is 9.66. The quantitative estimate of drug-likeness (QED) is 0.731. The van der Waals surface area contributed by atoms with Gasteiger partial charge in [0, 0.05) is 16.4 Å². The molecule has 1 aliphatic heterocycles. The lowest BCUT2D eigenvalue weighted by Gasteiger charge is -2.38. The van der Waals surface area contributed by atoms with E-state index in [9.17, 15) is 0 Å². The number of hydrogen-bond donors (Lipinski definition) is 1. The molecule has 1 heterocycles. The van der Waals surface area contributed by atoms with Gasteiger partial charge in [0.15, 0.2) is 0 Å². The SMILES string of the molecule is Brc1cccc2c1NCC21CCC1. The van der Waals surface area contributed by atoms with Crippen molar-refractivity contribution in [1.82, 2.24) is 0 Å². The number of para-hydroxylation sites is 1. The molecule has 2 aliphatic rings. The Morgan fingerprint density at radius 3 is 2.85 bits per heavy atom. The molecule has 1 fully saturated rings. The van der Waals surface area contributed by atoms with Gasteiger partial charge in [-0.3, -0.25) is 0 Å². The maximum absolute atomic E-state index is 3.59. The van der Waals surface area contributed by atoms with Crippen LogP contribution in [0.25, 0.3) is 0 Å². The summed E-state index contributed by atoms with van der Waals surface area (Å²) in [7, 11) is 0. The molecule has 1 aromatic carbocycles. The van der Waals surface area contributed by atoms with Crippen molar-refractivity contribution in [3.05, 3.63) is 28.2 Å². The number of nitrogens with one attached hydrogen (secondary N) is 1. The second-order valence-corrected chi connectivity index (χ2v) is 5.00. The summed E-state index contributed by atoms with van der Waals surface area (Å²) in [6, 6.07) is 6.54. The molecule has 2 heteroatoms. The smallest absolute Gasteiger partial charge is 0.0523 e. The highest BCUT2D eigenvalue weighted by molar-refractivity contribution is 9.10. The first-order valence-electron chi connectivity index (χ1n) is 4.85. The van der Waals surface area contributed by atoms with Crippen molar-refractivity contribution in [3.8, 4) is 0 Å². The lowest BCUT2D eigenvalue weighted by molar-refractivity contribution is 0.272. The van der Waals surface area contributed by atoms with Crippen LogP contribution in [0.15, 0.2) is 22.7 Å². The van der Waals surface area contributed by atoms with Gasteiger partial charge >= 0.3 is 0 Å². The van der Waals surface area contributed by atoms with Crippen LogP contribution in [0, 0.1) is 0 Å². The highest BCUT2D eigenvalue weighted by Gasteiger charge is 2.44. The molecule has 0 aromatic heterocycles. The first-order valence-corrected chi connectivity index (χ1v) is 5.64. The van der Waals surface area contributed by atoms with E-state index >= 15 is 0 Å². The standard InChI is InChI=1S/C11H12BrN/c12-9-4-1-3-8-10(9)13-7-11(8)5-2-6-11/h1,3-4,13H,2,5-7H2. The molecule has 13 heavy (non-hydrogen) atoms. The monoisotopic (exact) mass is 237 g/mol. The summed E-state index contributed by atoms with van der Waals surface area (Å²) in [5.41, 5.74) is 3.37. The summed E-state index contributed by atoms with van der Waals surface area (Å²) in [6.45, 7) is 1.14. The minimum atomic E-state index is 0.499.